The van der Waals surface area contributed by atoms with Gasteiger partial charge in [0.05, 0.1) is 16.3 Å². The number of halogens is 3. The van der Waals surface area contributed by atoms with Crippen LogP contribution in [0.15, 0.2) is 47.6 Å². The Morgan fingerprint density at radius 1 is 1.21 bits per heavy atom. The summed E-state index contributed by atoms with van der Waals surface area (Å²) in [5.74, 6) is 0.312. The van der Waals surface area contributed by atoms with E-state index in [1.807, 2.05) is 0 Å². The zero-order chi connectivity index (χ0) is 17.1. The van der Waals surface area contributed by atoms with Gasteiger partial charge >= 0.3 is 0 Å². The molecule has 122 valence electrons. The molecule has 1 aromatic heterocycles. The molecule has 3 aromatic rings. The van der Waals surface area contributed by atoms with Gasteiger partial charge in [0.2, 0.25) is 4.77 Å². The zero-order valence-electron chi connectivity index (χ0n) is 12.2. The predicted molar refractivity (Wildman–Crippen MR) is 96.1 cm³/mol. The van der Waals surface area contributed by atoms with E-state index < -0.39 is 0 Å². The van der Waals surface area contributed by atoms with E-state index in [1.54, 1.807) is 36.5 Å². The molecule has 0 aliphatic rings. The van der Waals surface area contributed by atoms with Crippen LogP contribution in [0, 0.1) is 10.6 Å². The lowest BCUT2D eigenvalue weighted by atomic mass is 10.1. The van der Waals surface area contributed by atoms with Crippen LogP contribution in [0.4, 0.5) is 4.39 Å². The van der Waals surface area contributed by atoms with Gasteiger partial charge in [0, 0.05) is 12.0 Å². The SMILES string of the molecule is Fc1ccc(Cc2n[nH]c(=S)n2/N=C\c2cccc(Cl)c2Cl)cc1. The summed E-state index contributed by atoms with van der Waals surface area (Å²) < 4.78 is 14.8. The van der Waals surface area contributed by atoms with E-state index in [0.717, 1.165) is 5.56 Å². The molecular formula is C16H11Cl2FN4S. The van der Waals surface area contributed by atoms with Crippen LogP contribution in [0.25, 0.3) is 0 Å². The van der Waals surface area contributed by atoms with Crippen molar-refractivity contribution in [3.05, 3.63) is 80.0 Å². The quantitative estimate of drug-likeness (QED) is 0.518. The fourth-order valence-corrected chi connectivity index (χ4v) is 2.64. The number of nitrogens with one attached hydrogen (secondary N) is 1. The minimum Gasteiger partial charge on any atom is -0.250 e. The van der Waals surface area contributed by atoms with Gasteiger partial charge in [0.25, 0.3) is 0 Å². The highest BCUT2D eigenvalue weighted by molar-refractivity contribution is 7.71. The van der Waals surface area contributed by atoms with Crippen molar-refractivity contribution in [1.29, 1.82) is 0 Å². The molecule has 1 heterocycles. The molecule has 0 unspecified atom stereocenters. The normalized spacial score (nSPS) is 11.3. The minimum absolute atomic E-state index is 0.286. The Labute approximate surface area is 152 Å². The second-order valence-corrected chi connectivity index (χ2v) is 6.12. The minimum atomic E-state index is -0.286. The molecule has 3 rings (SSSR count). The summed E-state index contributed by atoms with van der Waals surface area (Å²) in [6.45, 7) is 0. The Bertz CT molecular complexity index is 947. The summed E-state index contributed by atoms with van der Waals surface area (Å²) in [4.78, 5) is 0. The fraction of sp³-hybridized carbons (Fsp3) is 0.0625. The maximum absolute atomic E-state index is 13.0. The first-order chi connectivity index (χ1) is 11.5. The Morgan fingerprint density at radius 3 is 2.71 bits per heavy atom. The molecule has 24 heavy (non-hydrogen) atoms. The lowest BCUT2D eigenvalue weighted by Gasteiger charge is -2.03. The number of nitrogens with zero attached hydrogens (tertiary/aromatic N) is 3. The second-order valence-electron chi connectivity index (χ2n) is 4.95. The van der Waals surface area contributed by atoms with Crippen LogP contribution in [0.1, 0.15) is 17.0 Å². The summed E-state index contributed by atoms with van der Waals surface area (Å²) in [5.41, 5.74) is 1.56. The van der Waals surface area contributed by atoms with Gasteiger partial charge in [-0.25, -0.2) is 4.39 Å². The van der Waals surface area contributed by atoms with E-state index in [4.69, 9.17) is 35.4 Å². The molecule has 8 heteroatoms. The van der Waals surface area contributed by atoms with E-state index in [2.05, 4.69) is 15.3 Å². The maximum atomic E-state index is 13.0. The molecule has 0 spiro atoms. The summed E-state index contributed by atoms with van der Waals surface area (Å²) in [6, 6.07) is 11.4. The van der Waals surface area contributed by atoms with Crippen molar-refractivity contribution in [3.8, 4) is 0 Å². The van der Waals surface area contributed by atoms with E-state index >= 15 is 0 Å². The highest BCUT2D eigenvalue weighted by atomic mass is 35.5. The third-order valence-corrected chi connectivity index (χ3v) is 4.38. The van der Waals surface area contributed by atoms with Crippen molar-refractivity contribution in [3.63, 3.8) is 0 Å². The standard InChI is InChI=1S/C16H11Cl2FN4S/c17-13-3-1-2-11(15(13)18)9-20-23-14(21-22-16(23)24)8-10-4-6-12(19)7-5-10/h1-7,9H,8H2,(H,22,24)/b20-9-. The van der Waals surface area contributed by atoms with Gasteiger partial charge in [-0.15, -0.1) is 0 Å². The smallest absolute Gasteiger partial charge is 0.216 e. The predicted octanol–water partition coefficient (Wildman–Crippen LogP) is 4.86. The number of benzene rings is 2. The fourth-order valence-electron chi connectivity index (χ4n) is 2.08. The Kier molecular flexibility index (Phi) is 5.08. The van der Waals surface area contributed by atoms with Crippen LogP contribution in [-0.2, 0) is 6.42 Å². The van der Waals surface area contributed by atoms with E-state index in [-0.39, 0.29) is 5.82 Å². The third-order valence-electron chi connectivity index (χ3n) is 3.29. The van der Waals surface area contributed by atoms with E-state index in [0.29, 0.717) is 32.6 Å². The maximum Gasteiger partial charge on any atom is 0.216 e. The lowest BCUT2D eigenvalue weighted by Crippen LogP contribution is -2.00. The zero-order valence-corrected chi connectivity index (χ0v) is 14.5. The van der Waals surface area contributed by atoms with Crippen molar-refractivity contribution in [2.45, 2.75) is 6.42 Å². The highest BCUT2D eigenvalue weighted by Crippen LogP contribution is 2.24. The molecule has 0 aliphatic carbocycles. The summed E-state index contributed by atoms with van der Waals surface area (Å²) in [6.07, 6.45) is 2.02. The lowest BCUT2D eigenvalue weighted by molar-refractivity contribution is 0.627. The number of hydrogen-bond acceptors (Lipinski definition) is 3. The average molecular weight is 381 g/mol. The Balaban J connectivity index is 1.90. The molecule has 0 aliphatic heterocycles. The van der Waals surface area contributed by atoms with E-state index in [9.17, 15) is 4.39 Å². The molecule has 0 bridgehead atoms. The van der Waals surface area contributed by atoms with Gasteiger partial charge in [-0.2, -0.15) is 14.9 Å². The summed E-state index contributed by atoms with van der Waals surface area (Å²) in [7, 11) is 0. The van der Waals surface area contributed by atoms with Crippen molar-refractivity contribution in [1.82, 2.24) is 14.9 Å². The molecule has 0 atom stereocenters. The first kappa shape index (κ1) is 16.8. The highest BCUT2D eigenvalue weighted by Gasteiger charge is 2.07. The molecule has 0 saturated heterocycles. The van der Waals surface area contributed by atoms with Crippen LogP contribution >= 0.6 is 35.4 Å². The van der Waals surface area contributed by atoms with Gasteiger partial charge in [-0.1, -0.05) is 47.5 Å². The van der Waals surface area contributed by atoms with Gasteiger partial charge in [0.1, 0.15) is 5.82 Å². The van der Waals surface area contributed by atoms with Crippen LogP contribution in [0.2, 0.25) is 10.0 Å². The van der Waals surface area contributed by atoms with Crippen molar-refractivity contribution in [2.24, 2.45) is 5.10 Å². The van der Waals surface area contributed by atoms with Crippen LogP contribution in [0.5, 0.6) is 0 Å². The van der Waals surface area contributed by atoms with Gasteiger partial charge < -0.3 is 0 Å². The molecule has 0 fully saturated rings. The molecule has 0 radical (unpaired) electrons. The number of hydrogen-bond donors (Lipinski definition) is 1. The third kappa shape index (κ3) is 3.72. The van der Waals surface area contributed by atoms with Crippen molar-refractivity contribution >= 4 is 41.6 Å². The van der Waals surface area contributed by atoms with Crippen LogP contribution in [-0.4, -0.2) is 21.1 Å². The van der Waals surface area contributed by atoms with Gasteiger partial charge in [-0.3, -0.25) is 5.10 Å². The number of aromatic amines is 1. The largest absolute Gasteiger partial charge is 0.250 e. The molecule has 0 amide bonds. The number of aromatic nitrogens is 3. The van der Waals surface area contributed by atoms with Crippen molar-refractivity contribution < 1.29 is 4.39 Å². The molecule has 0 saturated carbocycles. The van der Waals surface area contributed by atoms with Crippen LogP contribution in [0.3, 0.4) is 0 Å². The summed E-state index contributed by atoms with van der Waals surface area (Å²) in [5, 5.41) is 12.1. The monoisotopic (exact) mass is 380 g/mol. The number of rotatable bonds is 4. The molecule has 4 nitrogen and oxygen atoms in total. The first-order valence-electron chi connectivity index (χ1n) is 6.93. The molecule has 1 N–H and O–H groups in total. The average Bonchev–Trinajstić information content (AvgIpc) is 2.91. The Morgan fingerprint density at radius 2 is 1.96 bits per heavy atom. The van der Waals surface area contributed by atoms with Crippen molar-refractivity contribution in [2.75, 3.05) is 0 Å². The summed E-state index contributed by atoms with van der Waals surface area (Å²) >= 11 is 17.3. The first-order valence-corrected chi connectivity index (χ1v) is 8.10. The Hall–Kier alpha value is -2.02. The molecule has 2 aromatic carbocycles. The van der Waals surface area contributed by atoms with Gasteiger partial charge in [-0.05, 0) is 36.0 Å². The van der Waals surface area contributed by atoms with E-state index in [1.165, 1.54) is 16.8 Å². The van der Waals surface area contributed by atoms with Gasteiger partial charge in [0.15, 0.2) is 5.82 Å². The molecular weight excluding hydrogens is 370 g/mol. The topological polar surface area (TPSA) is 46.0 Å². The van der Waals surface area contributed by atoms with Crippen LogP contribution < -0.4 is 0 Å². The number of H-pyrrole nitrogens is 1. The second kappa shape index (κ2) is 7.25.